The predicted molar refractivity (Wildman–Crippen MR) is 210 cm³/mol. The molecule has 0 bridgehead atoms. The van der Waals surface area contributed by atoms with Crippen molar-refractivity contribution in [2.45, 2.75) is 13.1 Å². The van der Waals surface area contributed by atoms with E-state index in [2.05, 4.69) is 102 Å². The number of rotatable bonds is 6. The second-order valence-corrected chi connectivity index (χ2v) is 13.4. The van der Waals surface area contributed by atoms with Gasteiger partial charge in [-0.1, -0.05) is 140 Å². The molecule has 0 aliphatic carbocycles. The first-order valence-corrected chi connectivity index (χ1v) is 17.3. The summed E-state index contributed by atoms with van der Waals surface area (Å²) in [5, 5.41) is 7.59. The monoisotopic (exact) mass is 648 g/mol. The zero-order valence-corrected chi connectivity index (χ0v) is 27.7. The highest BCUT2D eigenvalue weighted by Gasteiger charge is 2.20. The molecule has 49 heavy (non-hydrogen) atoms. The standard InChI is InChI=1S/C44H32N4S/c1-28(46-44(32-15-6-3-7-16-32)47-43(45)31-13-4-2-5-14-31)29-20-23-33(24-21-29)48-40-34-17-9-8-12-30(34)22-25-36(40)37-26-27-38-35-18-10-11-19-39(35)49-42(38)41(37)48/h2-27,44H,1H3,(H2,45,47)/b46-28+. The molecule has 9 aromatic rings. The number of fused-ring (bicyclic) bond motifs is 9. The third-order valence-corrected chi connectivity index (χ3v) is 10.6. The minimum absolute atomic E-state index is 0.465. The van der Waals surface area contributed by atoms with Crippen LogP contribution in [-0.4, -0.2) is 16.1 Å². The molecule has 1 atom stereocenters. The van der Waals surface area contributed by atoms with Gasteiger partial charge in [0.1, 0.15) is 5.84 Å². The van der Waals surface area contributed by atoms with Crippen LogP contribution in [0, 0.1) is 0 Å². The van der Waals surface area contributed by atoms with Crippen molar-refractivity contribution in [3.63, 3.8) is 0 Å². The molecule has 5 heteroatoms. The van der Waals surface area contributed by atoms with Crippen molar-refractivity contribution < 1.29 is 0 Å². The van der Waals surface area contributed by atoms with Crippen molar-refractivity contribution in [2.75, 3.05) is 0 Å². The molecule has 0 aliphatic heterocycles. The lowest BCUT2D eigenvalue weighted by atomic mass is 10.0. The molecule has 0 saturated heterocycles. The summed E-state index contributed by atoms with van der Waals surface area (Å²) in [7, 11) is 0. The van der Waals surface area contributed by atoms with E-state index in [1.807, 2.05) is 78.9 Å². The van der Waals surface area contributed by atoms with Crippen LogP contribution >= 0.6 is 11.3 Å². The minimum Gasteiger partial charge on any atom is -0.383 e. The number of thiophene rings is 1. The molecule has 0 saturated carbocycles. The van der Waals surface area contributed by atoms with Gasteiger partial charge in [-0.25, -0.2) is 4.99 Å². The van der Waals surface area contributed by atoms with E-state index in [0.29, 0.717) is 5.84 Å². The van der Waals surface area contributed by atoms with Gasteiger partial charge in [0.15, 0.2) is 6.17 Å². The van der Waals surface area contributed by atoms with E-state index >= 15 is 0 Å². The normalized spacial score (nSPS) is 13.2. The number of hydrogen-bond acceptors (Lipinski definition) is 3. The summed E-state index contributed by atoms with van der Waals surface area (Å²) in [5.74, 6) is 0.465. The molecule has 9 rings (SSSR count). The predicted octanol–water partition coefficient (Wildman–Crippen LogP) is 11.2. The Bertz CT molecular complexity index is 2720. The van der Waals surface area contributed by atoms with Gasteiger partial charge in [-0.3, -0.25) is 4.99 Å². The van der Waals surface area contributed by atoms with Crippen molar-refractivity contribution in [1.29, 1.82) is 0 Å². The van der Waals surface area contributed by atoms with Crippen LogP contribution in [0.1, 0.15) is 29.8 Å². The Hall–Kier alpha value is -6.04. The van der Waals surface area contributed by atoms with Gasteiger partial charge in [-0.15, -0.1) is 11.3 Å². The average molecular weight is 649 g/mol. The fourth-order valence-corrected chi connectivity index (χ4v) is 8.27. The van der Waals surface area contributed by atoms with E-state index < -0.39 is 6.17 Å². The van der Waals surface area contributed by atoms with E-state index in [0.717, 1.165) is 28.1 Å². The maximum Gasteiger partial charge on any atom is 0.167 e. The highest BCUT2D eigenvalue weighted by Crippen LogP contribution is 2.44. The number of amidine groups is 1. The van der Waals surface area contributed by atoms with Gasteiger partial charge in [0, 0.05) is 48.6 Å². The molecule has 7 aromatic carbocycles. The molecular formula is C44H32N4S. The number of nitrogens with two attached hydrogens (primary N) is 1. The topological polar surface area (TPSA) is 55.7 Å². The zero-order chi connectivity index (χ0) is 32.9. The Labute approximate surface area is 288 Å². The van der Waals surface area contributed by atoms with Crippen LogP contribution < -0.4 is 5.73 Å². The Morgan fingerprint density at radius 2 is 1.18 bits per heavy atom. The Balaban J connectivity index is 1.21. The number of aromatic nitrogens is 1. The fraction of sp³-hybridized carbons (Fsp3) is 0.0455. The Morgan fingerprint density at radius 1 is 0.551 bits per heavy atom. The largest absolute Gasteiger partial charge is 0.383 e. The molecule has 0 fully saturated rings. The first-order chi connectivity index (χ1) is 24.1. The SMILES string of the molecule is C/C(=N\C(/N=C(\N)c1ccccc1)c1ccccc1)c1ccc(-n2c3c4ccccc4ccc3c3ccc4c5ccccc5sc4c32)cc1. The van der Waals surface area contributed by atoms with Crippen LogP contribution in [0.2, 0.25) is 0 Å². The van der Waals surface area contributed by atoms with Gasteiger partial charge in [-0.05, 0) is 41.6 Å². The van der Waals surface area contributed by atoms with E-state index in [4.69, 9.17) is 15.7 Å². The van der Waals surface area contributed by atoms with Gasteiger partial charge >= 0.3 is 0 Å². The molecule has 2 heterocycles. The second-order valence-electron chi connectivity index (χ2n) is 12.4. The maximum absolute atomic E-state index is 6.49. The quantitative estimate of drug-likeness (QED) is 0.142. The lowest BCUT2D eigenvalue weighted by Gasteiger charge is -2.14. The van der Waals surface area contributed by atoms with Crippen LogP contribution in [0.4, 0.5) is 0 Å². The first kappa shape index (κ1) is 29.1. The van der Waals surface area contributed by atoms with Gasteiger partial charge < -0.3 is 10.3 Å². The van der Waals surface area contributed by atoms with Crippen LogP contribution in [0.15, 0.2) is 168 Å². The van der Waals surface area contributed by atoms with Crippen molar-refractivity contribution >= 4 is 75.6 Å². The smallest absolute Gasteiger partial charge is 0.167 e. The third-order valence-electron chi connectivity index (χ3n) is 9.45. The molecule has 0 amide bonds. The maximum atomic E-state index is 6.49. The lowest BCUT2D eigenvalue weighted by molar-refractivity contribution is 0.777. The summed E-state index contributed by atoms with van der Waals surface area (Å²) in [6, 6.07) is 55.3. The molecule has 0 spiro atoms. The number of hydrogen-bond donors (Lipinski definition) is 1. The van der Waals surface area contributed by atoms with Crippen LogP contribution in [0.25, 0.3) is 58.4 Å². The minimum atomic E-state index is -0.467. The summed E-state index contributed by atoms with van der Waals surface area (Å²) in [6.07, 6.45) is -0.467. The average Bonchev–Trinajstić information content (AvgIpc) is 3.71. The molecule has 2 N–H and O–H groups in total. The molecule has 0 aliphatic rings. The molecular weight excluding hydrogens is 617 g/mol. The fourth-order valence-electron chi connectivity index (χ4n) is 7.03. The molecule has 4 nitrogen and oxygen atoms in total. The molecule has 1 unspecified atom stereocenters. The van der Waals surface area contributed by atoms with Crippen molar-refractivity contribution in [3.05, 3.63) is 174 Å². The number of nitrogens with zero attached hydrogens (tertiary/aromatic N) is 3. The highest BCUT2D eigenvalue weighted by atomic mass is 32.1. The second kappa shape index (κ2) is 11.9. The van der Waals surface area contributed by atoms with E-state index in [-0.39, 0.29) is 0 Å². The zero-order valence-electron chi connectivity index (χ0n) is 26.9. The molecule has 0 radical (unpaired) electrons. The van der Waals surface area contributed by atoms with Crippen LogP contribution in [0.5, 0.6) is 0 Å². The highest BCUT2D eigenvalue weighted by molar-refractivity contribution is 7.26. The number of benzene rings is 7. The summed E-state index contributed by atoms with van der Waals surface area (Å²) < 4.78 is 5.08. The van der Waals surface area contributed by atoms with Gasteiger partial charge in [0.25, 0.3) is 0 Å². The van der Waals surface area contributed by atoms with Crippen LogP contribution in [-0.2, 0) is 0 Å². The van der Waals surface area contributed by atoms with Crippen LogP contribution in [0.3, 0.4) is 0 Å². The van der Waals surface area contributed by atoms with E-state index in [1.54, 1.807) is 0 Å². The van der Waals surface area contributed by atoms with Gasteiger partial charge in [0.05, 0.1) is 15.7 Å². The summed E-state index contributed by atoms with van der Waals surface area (Å²) in [4.78, 5) is 10.0. The number of aliphatic imine (C=N–C) groups is 2. The first-order valence-electron chi connectivity index (χ1n) is 16.5. The summed E-state index contributed by atoms with van der Waals surface area (Å²) in [5.41, 5.74) is 13.9. The van der Waals surface area contributed by atoms with Crippen molar-refractivity contribution in [1.82, 2.24) is 4.57 Å². The van der Waals surface area contributed by atoms with E-state index in [1.165, 1.54) is 52.8 Å². The van der Waals surface area contributed by atoms with Gasteiger partial charge in [-0.2, -0.15) is 0 Å². The molecule has 234 valence electrons. The Morgan fingerprint density at radius 3 is 1.98 bits per heavy atom. The van der Waals surface area contributed by atoms with Gasteiger partial charge in [0.2, 0.25) is 0 Å². The lowest BCUT2D eigenvalue weighted by Crippen LogP contribution is -2.15. The van der Waals surface area contributed by atoms with Crippen molar-refractivity contribution in [3.8, 4) is 5.69 Å². The van der Waals surface area contributed by atoms with Crippen molar-refractivity contribution in [2.24, 2.45) is 15.7 Å². The summed E-state index contributed by atoms with van der Waals surface area (Å²) in [6.45, 7) is 2.05. The Kier molecular flexibility index (Phi) is 7.06. The third kappa shape index (κ3) is 4.98. The van der Waals surface area contributed by atoms with E-state index in [9.17, 15) is 0 Å². The summed E-state index contributed by atoms with van der Waals surface area (Å²) >= 11 is 1.87. The molecule has 2 aromatic heterocycles.